The Morgan fingerprint density at radius 3 is 2.24 bits per heavy atom. The minimum Gasteiger partial charge on any atom is -0.493 e. The van der Waals surface area contributed by atoms with Crippen LogP contribution >= 0.6 is 0 Å². The van der Waals surface area contributed by atoms with Gasteiger partial charge in [0.25, 0.3) is 5.91 Å². The molecule has 2 aromatic rings. The molecule has 0 N–H and O–H groups in total. The van der Waals surface area contributed by atoms with Crippen LogP contribution in [0.25, 0.3) is 0 Å². The fourth-order valence-electron chi connectivity index (χ4n) is 4.04. The molecule has 29 heavy (non-hydrogen) atoms. The van der Waals surface area contributed by atoms with E-state index in [-0.39, 0.29) is 5.91 Å². The summed E-state index contributed by atoms with van der Waals surface area (Å²) in [5.41, 5.74) is 2.81. The smallest absolute Gasteiger partial charge is 0.257 e. The predicted molar refractivity (Wildman–Crippen MR) is 111 cm³/mol. The number of hydrogen-bond donors (Lipinski definition) is 0. The van der Waals surface area contributed by atoms with Crippen LogP contribution < -0.4 is 14.4 Å². The van der Waals surface area contributed by atoms with Crippen molar-refractivity contribution in [2.45, 2.75) is 32.7 Å². The molecule has 0 atom stereocenters. The second-order valence-electron chi connectivity index (χ2n) is 7.89. The maximum atomic E-state index is 13.0. The molecule has 4 rings (SSSR count). The molecule has 0 radical (unpaired) electrons. The number of rotatable bonds is 4. The van der Waals surface area contributed by atoms with Gasteiger partial charge in [0.05, 0.1) is 19.8 Å². The van der Waals surface area contributed by atoms with Gasteiger partial charge in [0.1, 0.15) is 0 Å². The summed E-state index contributed by atoms with van der Waals surface area (Å²) >= 11 is 0. The highest BCUT2D eigenvalue weighted by Crippen LogP contribution is 2.33. The maximum absolute atomic E-state index is 13.0. The number of carbonyl (C=O) groups excluding carboxylic acids is 1. The summed E-state index contributed by atoms with van der Waals surface area (Å²) in [5.74, 6) is 2.84. The van der Waals surface area contributed by atoms with Crippen LogP contribution in [0.4, 0.5) is 5.95 Å². The van der Waals surface area contributed by atoms with E-state index in [2.05, 4.69) is 21.8 Å². The molecule has 1 aromatic carbocycles. The average molecular weight is 396 g/mol. The highest BCUT2D eigenvalue weighted by Gasteiger charge is 2.25. The number of fused-ring (bicyclic) bond motifs is 1. The topological polar surface area (TPSA) is 67.8 Å². The van der Waals surface area contributed by atoms with Gasteiger partial charge >= 0.3 is 0 Å². The van der Waals surface area contributed by atoms with Crippen LogP contribution in [-0.4, -0.2) is 54.6 Å². The fourth-order valence-corrected chi connectivity index (χ4v) is 4.04. The SMILES string of the molecule is COc1cc2c(cc1OC)CN(C(=O)c1cnc(N3CCC(C)CC3)nc1)CC2. The van der Waals surface area contributed by atoms with E-state index >= 15 is 0 Å². The van der Waals surface area contributed by atoms with Gasteiger partial charge in [0.15, 0.2) is 11.5 Å². The number of piperidine rings is 1. The van der Waals surface area contributed by atoms with Crippen LogP contribution in [0.3, 0.4) is 0 Å². The monoisotopic (exact) mass is 396 g/mol. The first-order valence-electron chi connectivity index (χ1n) is 10.2. The van der Waals surface area contributed by atoms with Gasteiger partial charge in [0.2, 0.25) is 5.95 Å². The number of benzene rings is 1. The first kappa shape index (κ1) is 19.5. The fraction of sp³-hybridized carbons (Fsp3) is 0.500. The van der Waals surface area contributed by atoms with E-state index < -0.39 is 0 Å². The molecular formula is C22H28N4O3. The number of ether oxygens (including phenoxy) is 2. The van der Waals surface area contributed by atoms with E-state index in [9.17, 15) is 4.79 Å². The molecule has 0 spiro atoms. The summed E-state index contributed by atoms with van der Waals surface area (Å²) in [6.45, 7) is 5.43. The zero-order valence-corrected chi connectivity index (χ0v) is 17.4. The Labute approximate surface area is 171 Å². The third-order valence-corrected chi connectivity index (χ3v) is 5.96. The summed E-state index contributed by atoms with van der Waals surface area (Å²) in [5, 5.41) is 0. The molecule has 0 bridgehead atoms. The Hall–Kier alpha value is -2.83. The van der Waals surface area contributed by atoms with Crippen molar-refractivity contribution in [2.24, 2.45) is 5.92 Å². The highest BCUT2D eigenvalue weighted by molar-refractivity contribution is 5.93. The molecule has 1 amide bonds. The molecule has 7 nitrogen and oxygen atoms in total. The highest BCUT2D eigenvalue weighted by atomic mass is 16.5. The number of amides is 1. The van der Waals surface area contributed by atoms with Crippen molar-refractivity contribution in [3.8, 4) is 11.5 Å². The summed E-state index contributed by atoms with van der Waals surface area (Å²) in [7, 11) is 3.26. The Morgan fingerprint density at radius 1 is 1.00 bits per heavy atom. The van der Waals surface area contributed by atoms with E-state index in [1.165, 1.54) is 5.56 Å². The summed E-state index contributed by atoms with van der Waals surface area (Å²) in [4.78, 5) is 26.0. The van der Waals surface area contributed by atoms with Gasteiger partial charge in [-0.2, -0.15) is 0 Å². The third-order valence-electron chi connectivity index (χ3n) is 5.96. The molecular weight excluding hydrogens is 368 g/mol. The van der Waals surface area contributed by atoms with Gasteiger partial charge in [-0.25, -0.2) is 9.97 Å². The van der Waals surface area contributed by atoms with Crippen molar-refractivity contribution in [1.29, 1.82) is 0 Å². The first-order chi connectivity index (χ1) is 14.1. The van der Waals surface area contributed by atoms with Gasteiger partial charge in [-0.1, -0.05) is 6.92 Å². The van der Waals surface area contributed by atoms with Crippen LogP contribution in [0, 0.1) is 5.92 Å². The minimum absolute atomic E-state index is 0.0377. The summed E-state index contributed by atoms with van der Waals surface area (Å²) < 4.78 is 10.8. The van der Waals surface area contributed by atoms with Crippen molar-refractivity contribution in [3.63, 3.8) is 0 Å². The van der Waals surface area contributed by atoms with Crippen molar-refractivity contribution < 1.29 is 14.3 Å². The van der Waals surface area contributed by atoms with E-state index in [0.29, 0.717) is 30.4 Å². The molecule has 154 valence electrons. The molecule has 0 saturated carbocycles. The van der Waals surface area contributed by atoms with Crippen molar-refractivity contribution in [3.05, 3.63) is 41.2 Å². The van der Waals surface area contributed by atoms with Crippen molar-refractivity contribution >= 4 is 11.9 Å². The van der Waals surface area contributed by atoms with E-state index in [0.717, 1.165) is 49.6 Å². The quantitative estimate of drug-likeness (QED) is 0.792. The summed E-state index contributed by atoms with van der Waals surface area (Å²) in [6, 6.07) is 3.97. The second kappa shape index (κ2) is 8.27. The lowest BCUT2D eigenvalue weighted by molar-refractivity contribution is 0.0733. The van der Waals surface area contributed by atoms with Gasteiger partial charge in [-0.3, -0.25) is 4.79 Å². The predicted octanol–water partition coefficient (Wildman–Crippen LogP) is 2.93. The molecule has 1 fully saturated rings. The molecule has 1 aromatic heterocycles. The van der Waals surface area contributed by atoms with Crippen LogP contribution in [0.1, 0.15) is 41.3 Å². The average Bonchev–Trinajstić information content (AvgIpc) is 2.78. The standard InChI is InChI=1S/C22H28N4O3/c1-15-4-7-25(8-5-15)22-23-12-18(13-24-22)21(27)26-9-6-16-10-19(28-2)20(29-3)11-17(16)14-26/h10-13,15H,4-9,14H2,1-3H3. The lowest BCUT2D eigenvalue weighted by atomic mass is 9.98. The molecule has 1 saturated heterocycles. The Kier molecular flexibility index (Phi) is 5.56. The number of nitrogens with zero attached hydrogens (tertiary/aromatic N) is 4. The van der Waals surface area contributed by atoms with Crippen LogP contribution in [0.5, 0.6) is 11.5 Å². The van der Waals surface area contributed by atoms with Crippen LogP contribution in [-0.2, 0) is 13.0 Å². The van der Waals surface area contributed by atoms with Crippen LogP contribution in [0.2, 0.25) is 0 Å². The molecule has 2 aliphatic rings. The molecule has 2 aliphatic heterocycles. The molecule has 0 aliphatic carbocycles. The van der Waals surface area contributed by atoms with Crippen molar-refractivity contribution in [2.75, 3.05) is 38.8 Å². The minimum atomic E-state index is -0.0377. The number of hydrogen-bond acceptors (Lipinski definition) is 6. The third kappa shape index (κ3) is 3.99. The maximum Gasteiger partial charge on any atom is 0.257 e. The second-order valence-corrected chi connectivity index (χ2v) is 7.89. The number of anilines is 1. The van der Waals surface area contributed by atoms with Gasteiger partial charge in [0, 0.05) is 38.6 Å². The number of methoxy groups -OCH3 is 2. The summed E-state index contributed by atoms with van der Waals surface area (Å²) in [6.07, 6.45) is 6.42. The van der Waals surface area contributed by atoms with Gasteiger partial charge in [-0.05, 0) is 48.4 Å². The van der Waals surface area contributed by atoms with Crippen LogP contribution in [0.15, 0.2) is 24.5 Å². The number of carbonyl (C=O) groups is 1. The van der Waals surface area contributed by atoms with E-state index in [1.54, 1.807) is 26.6 Å². The zero-order chi connectivity index (χ0) is 20.4. The Balaban J connectivity index is 1.46. The van der Waals surface area contributed by atoms with Gasteiger partial charge < -0.3 is 19.3 Å². The van der Waals surface area contributed by atoms with E-state index in [1.807, 2.05) is 17.0 Å². The number of aromatic nitrogens is 2. The molecule has 3 heterocycles. The molecule has 0 unspecified atom stereocenters. The zero-order valence-electron chi connectivity index (χ0n) is 17.4. The first-order valence-corrected chi connectivity index (χ1v) is 10.2. The Bertz CT molecular complexity index is 876. The van der Waals surface area contributed by atoms with Gasteiger partial charge in [-0.15, -0.1) is 0 Å². The lowest BCUT2D eigenvalue weighted by Crippen LogP contribution is -2.36. The van der Waals surface area contributed by atoms with Crippen molar-refractivity contribution in [1.82, 2.24) is 14.9 Å². The largest absolute Gasteiger partial charge is 0.493 e. The lowest BCUT2D eigenvalue weighted by Gasteiger charge is -2.31. The molecule has 7 heteroatoms. The normalized spacial score (nSPS) is 17.1. The Morgan fingerprint density at radius 2 is 1.62 bits per heavy atom. The van der Waals surface area contributed by atoms with E-state index in [4.69, 9.17) is 9.47 Å².